The number of hydrogen-bond donors (Lipinski definition) is 2. The predicted octanol–water partition coefficient (Wildman–Crippen LogP) is 4.29. The molecule has 1 aromatic carbocycles. The number of aromatic amines is 1. The lowest BCUT2D eigenvalue weighted by molar-refractivity contribution is -0.131. The van der Waals surface area contributed by atoms with Crippen LogP contribution in [0.1, 0.15) is 68.8 Å². The maximum absolute atomic E-state index is 13.8. The fraction of sp³-hybridized carbons (Fsp3) is 0.571. The number of carbonyl (C=O) groups excluding carboxylic acids is 4. The Morgan fingerprint density at radius 2 is 2.00 bits per heavy atom. The Labute approximate surface area is 221 Å². The van der Waals surface area contributed by atoms with Crippen molar-refractivity contribution in [2.75, 3.05) is 13.7 Å². The summed E-state index contributed by atoms with van der Waals surface area (Å²) in [5.74, 6) is 0.234. The first kappa shape index (κ1) is 25.8. The monoisotopic (exact) mass is 527 g/mol. The van der Waals surface area contributed by atoms with Gasteiger partial charge in [-0.3, -0.25) is 19.2 Å². The van der Waals surface area contributed by atoms with Gasteiger partial charge in [-0.25, -0.2) is 0 Å². The van der Waals surface area contributed by atoms with Crippen LogP contribution < -0.4 is 10.1 Å². The molecule has 5 atom stereocenters. The highest BCUT2D eigenvalue weighted by Crippen LogP contribution is 2.43. The average Bonchev–Trinajstić information content (AvgIpc) is 3.66. The lowest BCUT2D eigenvalue weighted by Gasteiger charge is -2.29. The molecule has 0 bridgehead atoms. The van der Waals surface area contributed by atoms with Crippen LogP contribution in [0.15, 0.2) is 18.2 Å². The number of Topliss-reactive ketones (excluding diaryl/α,β-unsaturated/α-hetero) is 2. The number of ketones is 2. The van der Waals surface area contributed by atoms with E-state index < -0.39 is 12.1 Å². The van der Waals surface area contributed by atoms with Crippen molar-refractivity contribution in [1.29, 1.82) is 0 Å². The minimum atomic E-state index is -0.707. The molecule has 37 heavy (non-hydrogen) atoms. The van der Waals surface area contributed by atoms with E-state index in [1.807, 2.05) is 0 Å². The number of rotatable bonds is 8. The van der Waals surface area contributed by atoms with E-state index in [9.17, 15) is 19.2 Å². The van der Waals surface area contributed by atoms with Gasteiger partial charge < -0.3 is 19.9 Å². The van der Waals surface area contributed by atoms with Gasteiger partial charge in [0.1, 0.15) is 23.3 Å². The molecule has 3 fully saturated rings. The third kappa shape index (κ3) is 4.88. The van der Waals surface area contributed by atoms with E-state index in [1.165, 1.54) is 0 Å². The molecule has 198 valence electrons. The molecule has 0 radical (unpaired) electrons. The normalized spacial score (nSPS) is 25.9. The molecule has 9 heteroatoms. The number of nitrogens with one attached hydrogen (secondary N) is 2. The molecule has 1 saturated heterocycles. The summed E-state index contributed by atoms with van der Waals surface area (Å²) in [6.07, 6.45) is 5.63. The lowest BCUT2D eigenvalue weighted by atomic mass is 9.91. The molecular formula is C28H34ClN3O5. The van der Waals surface area contributed by atoms with Crippen molar-refractivity contribution >= 4 is 45.9 Å². The predicted molar refractivity (Wildman–Crippen MR) is 140 cm³/mol. The second kappa shape index (κ2) is 10.5. The highest BCUT2D eigenvalue weighted by molar-refractivity contribution is 6.31. The van der Waals surface area contributed by atoms with Gasteiger partial charge in [0, 0.05) is 35.7 Å². The zero-order valence-corrected chi connectivity index (χ0v) is 22.1. The van der Waals surface area contributed by atoms with E-state index in [0.29, 0.717) is 41.4 Å². The Morgan fingerprint density at radius 1 is 1.19 bits per heavy atom. The van der Waals surface area contributed by atoms with E-state index in [4.69, 9.17) is 16.3 Å². The van der Waals surface area contributed by atoms with Crippen LogP contribution in [0.4, 0.5) is 0 Å². The van der Waals surface area contributed by atoms with Crippen molar-refractivity contribution in [1.82, 2.24) is 15.2 Å². The van der Waals surface area contributed by atoms with Gasteiger partial charge in [-0.2, -0.15) is 0 Å². The number of ether oxygens (including phenoxy) is 1. The van der Waals surface area contributed by atoms with Crippen LogP contribution in [0.3, 0.4) is 0 Å². The quantitative estimate of drug-likeness (QED) is 0.532. The maximum atomic E-state index is 13.8. The molecule has 5 rings (SSSR count). The number of benzene rings is 1. The Bertz CT molecular complexity index is 1240. The van der Waals surface area contributed by atoms with Gasteiger partial charge >= 0.3 is 0 Å². The molecule has 1 aromatic heterocycles. The smallest absolute Gasteiger partial charge is 0.271 e. The minimum absolute atomic E-state index is 0.0581. The number of hydrogen-bond acceptors (Lipinski definition) is 5. The van der Waals surface area contributed by atoms with E-state index >= 15 is 0 Å². The molecular weight excluding hydrogens is 494 g/mol. The van der Waals surface area contributed by atoms with Crippen LogP contribution in [0, 0.1) is 17.8 Å². The van der Waals surface area contributed by atoms with E-state index in [-0.39, 0.29) is 47.6 Å². The van der Waals surface area contributed by atoms with Crippen molar-refractivity contribution in [2.24, 2.45) is 17.8 Å². The molecule has 2 aromatic rings. The van der Waals surface area contributed by atoms with Gasteiger partial charge in [0.15, 0.2) is 5.78 Å². The maximum Gasteiger partial charge on any atom is 0.271 e. The second-order valence-corrected chi connectivity index (χ2v) is 11.1. The molecule has 2 N–H and O–H groups in total. The summed E-state index contributed by atoms with van der Waals surface area (Å²) >= 11 is 6.21. The van der Waals surface area contributed by atoms with E-state index in [1.54, 1.807) is 37.1 Å². The summed E-state index contributed by atoms with van der Waals surface area (Å²) in [6, 6.07) is 3.82. The first-order valence-corrected chi connectivity index (χ1v) is 13.7. The van der Waals surface area contributed by atoms with E-state index in [0.717, 1.165) is 37.5 Å². The highest BCUT2D eigenvalue weighted by atomic mass is 35.5. The first-order chi connectivity index (χ1) is 17.8. The number of carbonyl (C=O) groups is 4. The molecule has 2 aliphatic carbocycles. The highest BCUT2D eigenvalue weighted by Gasteiger charge is 2.50. The molecule has 2 heterocycles. The van der Waals surface area contributed by atoms with Gasteiger partial charge in [-0.05, 0) is 62.1 Å². The van der Waals surface area contributed by atoms with Gasteiger partial charge in [-0.1, -0.05) is 24.9 Å². The van der Waals surface area contributed by atoms with Crippen molar-refractivity contribution < 1.29 is 23.9 Å². The number of H-pyrrole nitrogens is 1. The molecule has 2 amide bonds. The van der Waals surface area contributed by atoms with Crippen LogP contribution in [-0.2, 0) is 14.4 Å². The number of likely N-dealkylation sites (tertiary alicyclic amines) is 1. The van der Waals surface area contributed by atoms with Crippen molar-refractivity contribution in [3.63, 3.8) is 0 Å². The Hall–Kier alpha value is -2.87. The number of nitrogens with zero attached hydrogens (tertiary/aromatic N) is 1. The third-order valence-corrected chi connectivity index (χ3v) is 8.76. The third-order valence-electron chi connectivity index (χ3n) is 8.54. The summed E-state index contributed by atoms with van der Waals surface area (Å²) in [6.45, 7) is 2.27. The van der Waals surface area contributed by atoms with Gasteiger partial charge in [0.25, 0.3) is 5.91 Å². The van der Waals surface area contributed by atoms with Gasteiger partial charge in [0.2, 0.25) is 5.91 Å². The zero-order valence-electron chi connectivity index (χ0n) is 21.3. The number of methoxy groups -OCH3 is 1. The summed E-state index contributed by atoms with van der Waals surface area (Å²) in [4.78, 5) is 57.4. The fourth-order valence-electron chi connectivity index (χ4n) is 6.66. The molecule has 2 saturated carbocycles. The molecule has 5 unspecified atom stereocenters. The fourth-order valence-corrected chi connectivity index (χ4v) is 6.86. The largest absolute Gasteiger partial charge is 0.496 e. The Balaban J connectivity index is 1.40. The number of amides is 2. The second-order valence-electron chi connectivity index (χ2n) is 10.7. The van der Waals surface area contributed by atoms with Crippen LogP contribution in [0.5, 0.6) is 5.75 Å². The molecule has 3 aliphatic rings. The van der Waals surface area contributed by atoms with Crippen molar-refractivity contribution in [2.45, 2.75) is 70.4 Å². The number of fused-ring (bicyclic) bond motifs is 2. The van der Waals surface area contributed by atoms with Gasteiger partial charge in [-0.15, -0.1) is 0 Å². The molecule has 8 nitrogen and oxygen atoms in total. The Morgan fingerprint density at radius 3 is 2.70 bits per heavy atom. The first-order valence-electron chi connectivity index (χ1n) is 13.3. The summed E-state index contributed by atoms with van der Waals surface area (Å²) in [5.41, 5.74) is 1.05. The van der Waals surface area contributed by atoms with Crippen molar-refractivity contribution in [3.8, 4) is 5.75 Å². The minimum Gasteiger partial charge on any atom is -0.496 e. The summed E-state index contributed by atoms with van der Waals surface area (Å²) in [5, 5.41) is 4.21. The van der Waals surface area contributed by atoms with Crippen LogP contribution in [0.25, 0.3) is 10.9 Å². The zero-order chi connectivity index (χ0) is 26.3. The summed E-state index contributed by atoms with van der Waals surface area (Å²) < 4.78 is 5.44. The van der Waals surface area contributed by atoms with Gasteiger partial charge in [0.05, 0.1) is 18.7 Å². The lowest BCUT2D eigenvalue weighted by Crippen LogP contribution is -2.53. The Kier molecular flexibility index (Phi) is 7.30. The SMILES string of the molecule is CCC(=O)C(CC1CCCC1=O)NC(=O)C1C2CCCC2CN1C(=O)c1cc2c(OC)cc(Cl)cc2[nH]1. The topological polar surface area (TPSA) is 109 Å². The number of aromatic nitrogens is 1. The number of halogens is 1. The summed E-state index contributed by atoms with van der Waals surface area (Å²) in [7, 11) is 1.55. The molecule has 1 aliphatic heterocycles. The van der Waals surface area contributed by atoms with Crippen LogP contribution >= 0.6 is 11.6 Å². The van der Waals surface area contributed by atoms with E-state index in [2.05, 4.69) is 10.3 Å². The van der Waals surface area contributed by atoms with Crippen LogP contribution in [-0.4, -0.2) is 59.0 Å². The standard InChI is InChI=1S/C28H34ClN3O5/c1-3-23(33)21(10-15-6-5-9-24(15)34)31-27(35)26-18-8-4-7-16(18)14-32(26)28(36)22-13-19-20(30-22)11-17(29)12-25(19)37-2/h11-13,15-16,18,21,26,30H,3-10,14H2,1-2H3,(H,31,35). The molecule has 0 spiro atoms. The van der Waals surface area contributed by atoms with Crippen molar-refractivity contribution in [3.05, 3.63) is 28.9 Å². The van der Waals surface area contributed by atoms with Crippen LogP contribution in [0.2, 0.25) is 5.02 Å². The average molecular weight is 528 g/mol.